The van der Waals surface area contributed by atoms with E-state index in [9.17, 15) is 14.4 Å². The van der Waals surface area contributed by atoms with Gasteiger partial charge in [-0.15, -0.1) is 0 Å². The molecule has 0 aromatic rings. The number of unbranched alkanes of at least 4 members (excludes halogenated alkanes) is 5. The van der Waals surface area contributed by atoms with E-state index in [0.717, 1.165) is 51.4 Å². The normalized spacial score (nSPS) is 12.8. The molecular formula is C20H42N6O3. The van der Waals surface area contributed by atoms with Crippen molar-refractivity contribution in [2.75, 3.05) is 26.2 Å². The van der Waals surface area contributed by atoms with Gasteiger partial charge in [0.05, 0.1) is 0 Å². The van der Waals surface area contributed by atoms with Crippen molar-refractivity contribution in [3.8, 4) is 0 Å². The lowest BCUT2D eigenvalue weighted by molar-refractivity contribution is -0.132. The van der Waals surface area contributed by atoms with Gasteiger partial charge in [0.2, 0.25) is 17.7 Å². The maximum Gasteiger partial charge on any atom is 0.243 e. The molecular weight excluding hydrogens is 372 g/mol. The molecule has 0 aliphatic heterocycles. The number of amides is 3. The minimum Gasteiger partial charge on any atom is -0.354 e. The second kappa shape index (κ2) is 18.3. The van der Waals surface area contributed by atoms with E-state index in [-0.39, 0.29) is 17.7 Å². The lowest BCUT2D eigenvalue weighted by Crippen LogP contribution is -2.53. The Labute approximate surface area is 175 Å². The average molecular weight is 415 g/mol. The highest BCUT2D eigenvalue weighted by Gasteiger charge is 2.25. The first kappa shape index (κ1) is 27.3. The molecule has 0 saturated heterocycles. The molecule has 0 bridgehead atoms. The van der Waals surface area contributed by atoms with Crippen LogP contribution in [0.5, 0.6) is 0 Å². The highest BCUT2D eigenvalue weighted by Crippen LogP contribution is 2.06. The molecule has 0 aromatic heterocycles. The molecule has 9 N–H and O–H groups in total. The fourth-order valence-corrected chi connectivity index (χ4v) is 3.00. The highest BCUT2D eigenvalue weighted by atomic mass is 16.2. The Hall–Kier alpha value is -1.71. The van der Waals surface area contributed by atoms with Gasteiger partial charge in [0, 0.05) is 13.5 Å². The molecule has 29 heavy (non-hydrogen) atoms. The van der Waals surface area contributed by atoms with Gasteiger partial charge in [0.1, 0.15) is 12.1 Å². The van der Waals surface area contributed by atoms with Crippen LogP contribution < -0.4 is 33.2 Å². The van der Waals surface area contributed by atoms with Crippen molar-refractivity contribution < 1.29 is 14.4 Å². The summed E-state index contributed by atoms with van der Waals surface area (Å²) >= 11 is 0. The number of nitrogens with two attached hydrogens (primary N) is 3. The van der Waals surface area contributed by atoms with E-state index in [1.165, 1.54) is 6.92 Å². The van der Waals surface area contributed by atoms with Gasteiger partial charge in [-0.05, 0) is 71.0 Å². The smallest absolute Gasteiger partial charge is 0.243 e. The average Bonchev–Trinajstić information content (AvgIpc) is 2.68. The zero-order valence-corrected chi connectivity index (χ0v) is 18.0. The SMILES string of the molecule is CC(=O)N[C@@H](CCCCN)C(=O)N[C@@H](CCCCN)C(=O)NCCCCCCN. The molecule has 0 fully saturated rings. The fraction of sp³-hybridized carbons (Fsp3) is 0.850. The zero-order chi connectivity index (χ0) is 21.9. The zero-order valence-electron chi connectivity index (χ0n) is 18.0. The maximum absolute atomic E-state index is 12.7. The summed E-state index contributed by atoms with van der Waals surface area (Å²) in [4.78, 5) is 36.7. The monoisotopic (exact) mass is 414 g/mol. The van der Waals surface area contributed by atoms with Gasteiger partial charge in [0.25, 0.3) is 0 Å². The van der Waals surface area contributed by atoms with E-state index in [4.69, 9.17) is 17.2 Å². The molecule has 170 valence electrons. The van der Waals surface area contributed by atoms with Crippen LogP contribution >= 0.6 is 0 Å². The summed E-state index contributed by atoms with van der Waals surface area (Å²) < 4.78 is 0. The predicted molar refractivity (Wildman–Crippen MR) is 116 cm³/mol. The third-order valence-corrected chi connectivity index (χ3v) is 4.65. The van der Waals surface area contributed by atoms with Crippen LogP contribution in [-0.2, 0) is 14.4 Å². The molecule has 9 nitrogen and oxygen atoms in total. The Balaban J connectivity index is 4.73. The van der Waals surface area contributed by atoms with Crippen molar-refractivity contribution in [3.05, 3.63) is 0 Å². The van der Waals surface area contributed by atoms with E-state index in [0.29, 0.717) is 39.0 Å². The summed E-state index contributed by atoms with van der Waals surface area (Å²) in [6, 6.07) is -1.30. The molecule has 2 atom stereocenters. The van der Waals surface area contributed by atoms with Crippen molar-refractivity contribution in [1.82, 2.24) is 16.0 Å². The summed E-state index contributed by atoms with van der Waals surface area (Å²) in [6.45, 7) is 3.70. The predicted octanol–water partition coefficient (Wildman–Crippen LogP) is -0.131. The van der Waals surface area contributed by atoms with Crippen molar-refractivity contribution in [1.29, 1.82) is 0 Å². The number of carbonyl (C=O) groups is 3. The van der Waals surface area contributed by atoms with Gasteiger partial charge < -0.3 is 33.2 Å². The number of rotatable bonds is 18. The van der Waals surface area contributed by atoms with Crippen LogP contribution in [0, 0.1) is 0 Å². The summed E-state index contributed by atoms with van der Waals surface area (Å²) in [5, 5.41) is 8.39. The molecule has 0 unspecified atom stereocenters. The lowest BCUT2D eigenvalue weighted by Gasteiger charge is -2.23. The fourth-order valence-electron chi connectivity index (χ4n) is 3.00. The van der Waals surface area contributed by atoms with Gasteiger partial charge in [-0.1, -0.05) is 12.8 Å². The molecule has 0 heterocycles. The molecule has 0 saturated carbocycles. The summed E-state index contributed by atoms with van der Waals surface area (Å²) in [5.41, 5.74) is 16.5. The van der Waals surface area contributed by atoms with Crippen LogP contribution in [0.15, 0.2) is 0 Å². The summed E-state index contributed by atoms with van der Waals surface area (Å²) in [5.74, 6) is -0.815. The molecule has 0 aliphatic rings. The number of carbonyl (C=O) groups excluding carboxylic acids is 3. The summed E-state index contributed by atoms with van der Waals surface area (Å²) in [7, 11) is 0. The Kier molecular flexibility index (Phi) is 17.2. The van der Waals surface area contributed by atoms with Crippen LogP contribution in [0.3, 0.4) is 0 Å². The maximum atomic E-state index is 12.7. The van der Waals surface area contributed by atoms with E-state index >= 15 is 0 Å². The van der Waals surface area contributed by atoms with Crippen molar-refractivity contribution >= 4 is 17.7 Å². The van der Waals surface area contributed by atoms with Crippen LogP contribution in [0.1, 0.15) is 71.1 Å². The van der Waals surface area contributed by atoms with Gasteiger partial charge in [-0.3, -0.25) is 14.4 Å². The quantitative estimate of drug-likeness (QED) is 0.171. The van der Waals surface area contributed by atoms with Gasteiger partial charge in [0.15, 0.2) is 0 Å². The molecule has 0 aliphatic carbocycles. The molecule has 3 amide bonds. The van der Waals surface area contributed by atoms with Crippen LogP contribution in [0.4, 0.5) is 0 Å². The van der Waals surface area contributed by atoms with Crippen LogP contribution in [-0.4, -0.2) is 56.0 Å². The number of hydrogen-bond donors (Lipinski definition) is 6. The first-order valence-electron chi connectivity index (χ1n) is 10.9. The lowest BCUT2D eigenvalue weighted by atomic mass is 10.1. The summed E-state index contributed by atoms with van der Waals surface area (Å²) in [6.07, 6.45) is 7.93. The van der Waals surface area contributed by atoms with E-state index in [1.54, 1.807) is 0 Å². The van der Waals surface area contributed by atoms with Crippen molar-refractivity contribution in [3.63, 3.8) is 0 Å². The first-order valence-corrected chi connectivity index (χ1v) is 10.9. The Bertz CT molecular complexity index is 461. The number of hydrogen-bond acceptors (Lipinski definition) is 6. The number of nitrogens with one attached hydrogen (secondary N) is 3. The van der Waals surface area contributed by atoms with E-state index < -0.39 is 12.1 Å². The van der Waals surface area contributed by atoms with Gasteiger partial charge >= 0.3 is 0 Å². The minimum absolute atomic E-state index is 0.197. The topological polar surface area (TPSA) is 165 Å². The Morgan fingerprint density at radius 3 is 1.66 bits per heavy atom. The Morgan fingerprint density at radius 1 is 0.655 bits per heavy atom. The first-order chi connectivity index (χ1) is 14.0. The van der Waals surface area contributed by atoms with E-state index in [1.807, 2.05) is 0 Å². The molecule has 9 heteroatoms. The minimum atomic E-state index is -0.667. The molecule has 0 radical (unpaired) electrons. The molecule has 0 rings (SSSR count). The van der Waals surface area contributed by atoms with Crippen LogP contribution in [0.25, 0.3) is 0 Å². The van der Waals surface area contributed by atoms with Crippen molar-refractivity contribution in [2.45, 2.75) is 83.2 Å². The standard InChI is InChI=1S/C20H42N6O3/c1-16(27)25-18(11-5-8-14-23)20(29)26-17(10-4-7-13-22)19(28)24-15-9-3-2-6-12-21/h17-18H,2-15,21-23H2,1H3,(H,24,28)(H,25,27)(H,26,29)/t17-,18-/m0/s1. The Morgan fingerprint density at radius 2 is 1.14 bits per heavy atom. The van der Waals surface area contributed by atoms with Crippen LogP contribution in [0.2, 0.25) is 0 Å². The van der Waals surface area contributed by atoms with Gasteiger partial charge in [-0.25, -0.2) is 0 Å². The van der Waals surface area contributed by atoms with Crippen molar-refractivity contribution in [2.24, 2.45) is 17.2 Å². The molecule has 0 spiro atoms. The third-order valence-electron chi connectivity index (χ3n) is 4.65. The second-order valence-electron chi connectivity index (χ2n) is 7.38. The van der Waals surface area contributed by atoms with E-state index in [2.05, 4.69) is 16.0 Å². The molecule has 0 aromatic carbocycles. The largest absolute Gasteiger partial charge is 0.354 e. The second-order valence-corrected chi connectivity index (χ2v) is 7.38. The third kappa shape index (κ3) is 14.9. The highest BCUT2D eigenvalue weighted by molar-refractivity contribution is 5.91. The van der Waals surface area contributed by atoms with Gasteiger partial charge in [-0.2, -0.15) is 0 Å².